The number of ether oxygens (including phenoxy) is 1. The molecule has 3 nitrogen and oxygen atoms in total. The lowest BCUT2D eigenvalue weighted by Crippen LogP contribution is -2.30. The molecule has 19 heavy (non-hydrogen) atoms. The Morgan fingerprint density at radius 2 is 2.21 bits per heavy atom. The van der Waals surface area contributed by atoms with Crippen LogP contribution in [0.5, 0.6) is 5.88 Å². The summed E-state index contributed by atoms with van der Waals surface area (Å²) in [6.45, 7) is 2.24. The van der Waals surface area contributed by atoms with Gasteiger partial charge in [-0.05, 0) is 54.6 Å². The molecule has 2 aromatic rings. The van der Waals surface area contributed by atoms with Gasteiger partial charge in [-0.2, -0.15) is 4.98 Å². The molecule has 0 spiro atoms. The van der Waals surface area contributed by atoms with Crippen LogP contribution in [-0.2, 0) is 0 Å². The first kappa shape index (κ1) is 13.1. The number of halogens is 1. The summed E-state index contributed by atoms with van der Waals surface area (Å²) < 4.78 is 7.19. The second-order valence-electron chi connectivity index (χ2n) is 5.04. The number of fused-ring (bicyclic) bond motifs is 1. The first-order chi connectivity index (χ1) is 9.28. The van der Waals surface area contributed by atoms with Gasteiger partial charge in [-0.25, -0.2) is 4.98 Å². The minimum absolute atomic E-state index is 0.268. The minimum Gasteiger partial charge on any atom is -0.473 e. The highest BCUT2D eigenvalue weighted by Gasteiger charge is 2.26. The Kier molecular flexibility index (Phi) is 3.89. The highest BCUT2D eigenvalue weighted by molar-refractivity contribution is 7.17. The van der Waals surface area contributed by atoms with Gasteiger partial charge in [-0.1, -0.05) is 13.3 Å². The summed E-state index contributed by atoms with van der Waals surface area (Å²) in [5, 5.41) is 2.27. The van der Waals surface area contributed by atoms with E-state index in [0.717, 1.165) is 23.1 Å². The van der Waals surface area contributed by atoms with Gasteiger partial charge >= 0.3 is 0 Å². The van der Waals surface area contributed by atoms with E-state index < -0.39 is 0 Å². The summed E-state index contributed by atoms with van der Waals surface area (Å²) in [6, 6.07) is 1.96. The van der Waals surface area contributed by atoms with Gasteiger partial charge in [-0.3, -0.25) is 0 Å². The maximum atomic E-state index is 6.19. The summed E-state index contributed by atoms with van der Waals surface area (Å²) in [5.41, 5.74) is 0.879. The van der Waals surface area contributed by atoms with Gasteiger partial charge in [0.15, 0.2) is 0 Å². The van der Waals surface area contributed by atoms with E-state index in [9.17, 15) is 0 Å². The average molecular weight is 297 g/mol. The van der Waals surface area contributed by atoms with E-state index in [1.807, 2.05) is 11.4 Å². The molecule has 0 aromatic carbocycles. The van der Waals surface area contributed by atoms with Crippen LogP contribution in [0.25, 0.3) is 10.2 Å². The maximum Gasteiger partial charge on any atom is 0.236 e. The third-order valence-electron chi connectivity index (χ3n) is 3.87. The number of thiophene rings is 1. The highest BCUT2D eigenvalue weighted by atomic mass is 35.5. The largest absolute Gasteiger partial charge is 0.473 e. The summed E-state index contributed by atoms with van der Waals surface area (Å²) >= 11 is 7.58. The van der Waals surface area contributed by atoms with Crippen LogP contribution >= 0.6 is 22.9 Å². The van der Waals surface area contributed by atoms with Crippen LogP contribution in [0.2, 0.25) is 5.28 Å². The molecular formula is C14H17ClN2OS. The SMILES string of the molecule is CCC1CCCCC1Oc1nc(Cl)nc2ccsc12. The van der Waals surface area contributed by atoms with Gasteiger partial charge in [0.05, 0.1) is 5.52 Å². The first-order valence-electron chi connectivity index (χ1n) is 6.85. The molecule has 0 amide bonds. The maximum absolute atomic E-state index is 6.19. The van der Waals surface area contributed by atoms with Crippen LogP contribution in [0.3, 0.4) is 0 Å². The van der Waals surface area contributed by atoms with E-state index in [1.165, 1.54) is 19.3 Å². The predicted octanol–water partition coefficient (Wildman–Crippen LogP) is 4.69. The lowest BCUT2D eigenvalue weighted by Gasteiger charge is -2.30. The molecule has 1 aliphatic rings. The Balaban J connectivity index is 1.89. The fraction of sp³-hybridized carbons (Fsp3) is 0.571. The van der Waals surface area contributed by atoms with Crippen molar-refractivity contribution in [3.63, 3.8) is 0 Å². The van der Waals surface area contributed by atoms with Crippen molar-refractivity contribution >= 4 is 33.2 Å². The van der Waals surface area contributed by atoms with Crippen molar-refractivity contribution < 1.29 is 4.74 Å². The standard InChI is InChI=1S/C14H17ClN2OS/c1-2-9-5-3-4-6-11(9)18-13-12-10(7-8-19-12)16-14(15)17-13/h7-9,11H,2-6H2,1H3. The van der Waals surface area contributed by atoms with Crippen molar-refractivity contribution in [3.8, 4) is 5.88 Å². The van der Waals surface area contributed by atoms with Crippen molar-refractivity contribution in [1.29, 1.82) is 0 Å². The summed E-state index contributed by atoms with van der Waals surface area (Å²) in [6.07, 6.45) is 6.37. The van der Waals surface area contributed by atoms with Gasteiger partial charge < -0.3 is 4.74 Å². The zero-order valence-corrected chi connectivity index (χ0v) is 12.5. The van der Waals surface area contributed by atoms with Gasteiger partial charge in [-0.15, -0.1) is 11.3 Å². The van der Waals surface area contributed by atoms with Crippen LogP contribution < -0.4 is 4.74 Å². The van der Waals surface area contributed by atoms with E-state index in [4.69, 9.17) is 16.3 Å². The van der Waals surface area contributed by atoms with Crippen LogP contribution in [0.15, 0.2) is 11.4 Å². The molecule has 2 unspecified atom stereocenters. The van der Waals surface area contributed by atoms with E-state index >= 15 is 0 Å². The van der Waals surface area contributed by atoms with Gasteiger partial charge in [0.1, 0.15) is 10.8 Å². The van der Waals surface area contributed by atoms with Crippen LogP contribution in [0, 0.1) is 5.92 Å². The second-order valence-corrected chi connectivity index (χ2v) is 6.30. The van der Waals surface area contributed by atoms with Crippen molar-refractivity contribution in [3.05, 3.63) is 16.7 Å². The molecule has 0 N–H and O–H groups in total. The van der Waals surface area contributed by atoms with Crippen LogP contribution in [-0.4, -0.2) is 16.1 Å². The van der Waals surface area contributed by atoms with E-state index in [-0.39, 0.29) is 11.4 Å². The van der Waals surface area contributed by atoms with E-state index in [2.05, 4.69) is 16.9 Å². The Hall–Kier alpha value is -0.870. The number of aromatic nitrogens is 2. The number of hydrogen-bond acceptors (Lipinski definition) is 4. The van der Waals surface area contributed by atoms with Crippen molar-refractivity contribution in [2.45, 2.75) is 45.1 Å². The zero-order valence-electron chi connectivity index (χ0n) is 10.9. The van der Waals surface area contributed by atoms with Crippen molar-refractivity contribution in [2.24, 2.45) is 5.92 Å². The Morgan fingerprint density at radius 3 is 3.05 bits per heavy atom. The molecule has 1 saturated carbocycles. The molecule has 1 fully saturated rings. The fourth-order valence-electron chi connectivity index (χ4n) is 2.83. The molecule has 3 rings (SSSR count). The van der Waals surface area contributed by atoms with Crippen molar-refractivity contribution in [2.75, 3.05) is 0 Å². The van der Waals surface area contributed by atoms with Crippen molar-refractivity contribution in [1.82, 2.24) is 9.97 Å². The van der Waals surface area contributed by atoms with Crippen LogP contribution in [0.4, 0.5) is 0 Å². The fourth-order valence-corrected chi connectivity index (χ4v) is 3.76. The monoisotopic (exact) mass is 296 g/mol. The predicted molar refractivity (Wildman–Crippen MR) is 79.1 cm³/mol. The Labute approximate surface area is 122 Å². The molecule has 5 heteroatoms. The summed E-state index contributed by atoms with van der Waals surface area (Å²) in [4.78, 5) is 8.49. The van der Waals surface area contributed by atoms with E-state index in [0.29, 0.717) is 11.8 Å². The molecule has 0 saturated heterocycles. The Bertz CT molecular complexity index is 572. The summed E-state index contributed by atoms with van der Waals surface area (Å²) in [7, 11) is 0. The van der Waals surface area contributed by atoms with E-state index in [1.54, 1.807) is 11.3 Å². The lowest BCUT2D eigenvalue weighted by atomic mass is 9.85. The third kappa shape index (κ3) is 2.70. The average Bonchev–Trinajstić information content (AvgIpc) is 2.87. The second kappa shape index (κ2) is 5.63. The Morgan fingerprint density at radius 1 is 1.37 bits per heavy atom. The molecule has 102 valence electrons. The van der Waals surface area contributed by atoms with Gasteiger partial charge in [0, 0.05) is 0 Å². The number of hydrogen-bond donors (Lipinski definition) is 0. The molecule has 2 heterocycles. The number of nitrogens with zero attached hydrogens (tertiary/aromatic N) is 2. The smallest absolute Gasteiger partial charge is 0.236 e. The molecular weight excluding hydrogens is 280 g/mol. The topological polar surface area (TPSA) is 35.0 Å². The van der Waals surface area contributed by atoms with Gasteiger partial charge in [0.25, 0.3) is 0 Å². The quantitative estimate of drug-likeness (QED) is 0.771. The molecule has 0 aliphatic heterocycles. The molecule has 0 radical (unpaired) electrons. The third-order valence-corrected chi connectivity index (χ3v) is 4.93. The zero-order chi connectivity index (χ0) is 13.2. The summed E-state index contributed by atoms with van der Waals surface area (Å²) in [5.74, 6) is 1.30. The minimum atomic E-state index is 0.268. The lowest BCUT2D eigenvalue weighted by molar-refractivity contribution is 0.0876. The highest BCUT2D eigenvalue weighted by Crippen LogP contribution is 2.34. The molecule has 1 aliphatic carbocycles. The first-order valence-corrected chi connectivity index (χ1v) is 8.11. The van der Waals surface area contributed by atoms with Gasteiger partial charge in [0.2, 0.25) is 11.2 Å². The number of rotatable bonds is 3. The van der Waals surface area contributed by atoms with Crippen LogP contribution in [0.1, 0.15) is 39.0 Å². The molecule has 0 bridgehead atoms. The molecule has 2 aromatic heterocycles. The molecule has 2 atom stereocenters. The normalized spacial score (nSPS) is 23.7.